The standard InChI is InChI=1S/C30H30N4O7/c1-17(35)29(31,27(38)39)23-14-12-19-8-6-7-11-22(19)25(23)26-20(16-34(33-26)21-9-4-3-5-10-21)13-15-24(37)30(32,18(2)36)28(40)41/h3-18,35-36H,31-32H2,1-2H3,(H,38,39)(H,40,41)/b15-13+/t17?,18?,29-,30-/m1/s1. The van der Waals surface area contributed by atoms with Crippen molar-refractivity contribution >= 4 is 34.6 Å². The van der Waals surface area contributed by atoms with Crippen LogP contribution in [0, 0.1) is 0 Å². The van der Waals surface area contributed by atoms with Crippen LogP contribution in [0.3, 0.4) is 0 Å². The van der Waals surface area contributed by atoms with E-state index in [1.54, 1.807) is 54.7 Å². The number of aliphatic hydroxyl groups is 2. The van der Waals surface area contributed by atoms with E-state index in [0.717, 1.165) is 18.4 Å². The van der Waals surface area contributed by atoms with E-state index in [4.69, 9.17) is 16.6 Å². The van der Waals surface area contributed by atoms with Crippen molar-refractivity contribution in [3.05, 3.63) is 90.1 Å². The Kier molecular flexibility index (Phi) is 7.91. The number of carboxylic acids is 2. The van der Waals surface area contributed by atoms with Crippen LogP contribution in [-0.2, 0) is 19.9 Å². The van der Waals surface area contributed by atoms with Crippen LogP contribution in [0.25, 0.3) is 33.8 Å². The predicted octanol–water partition coefficient (Wildman–Crippen LogP) is 2.06. The highest BCUT2D eigenvalue weighted by Crippen LogP contribution is 2.40. The third-order valence-corrected chi connectivity index (χ3v) is 7.22. The minimum Gasteiger partial charge on any atom is -0.480 e. The van der Waals surface area contributed by atoms with Gasteiger partial charge < -0.3 is 31.9 Å². The molecule has 0 bridgehead atoms. The Balaban J connectivity index is 2.05. The summed E-state index contributed by atoms with van der Waals surface area (Å²) in [6, 6.07) is 19.3. The molecule has 0 saturated carbocycles. The number of para-hydroxylation sites is 1. The van der Waals surface area contributed by atoms with Crippen LogP contribution in [0.1, 0.15) is 25.0 Å². The van der Waals surface area contributed by atoms with Crippen molar-refractivity contribution in [2.45, 2.75) is 37.1 Å². The van der Waals surface area contributed by atoms with Crippen molar-refractivity contribution < 1.29 is 34.8 Å². The van der Waals surface area contributed by atoms with Gasteiger partial charge in [-0.05, 0) is 54.5 Å². The van der Waals surface area contributed by atoms with Gasteiger partial charge in [-0.25, -0.2) is 14.3 Å². The first-order chi connectivity index (χ1) is 19.3. The van der Waals surface area contributed by atoms with Gasteiger partial charge in [0.05, 0.1) is 17.9 Å². The monoisotopic (exact) mass is 558 g/mol. The topological polar surface area (TPSA) is 202 Å². The van der Waals surface area contributed by atoms with Gasteiger partial charge in [-0.1, -0.05) is 54.6 Å². The van der Waals surface area contributed by atoms with Crippen LogP contribution in [-0.4, -0.2) is 65.7 Å². The molecule has 1 heterocycles. The smallest absolute Gasteiger partial charge is 0.334 e. The minimum atomic E-state index is -2.60. The second kappa shape index (κ2) is 11.1. The molecule has 4 aromatic rings. The lowest BCUT2D eigenvalue weighted by Gasteiger charge is -2.30. The number of aliphatic carboxylic acids is 2. The van der Waals surface area contributed by atoms with E-state index in [2.05, 4.69) is 0 Å². The highest BCUT2D eigenvalue weighted by molar-refractivity contribution is 6.15. The van der Waals surface area contributed by atoms with Crippen LogP contribution in [0.2, 0.25) is 0 Å². The molecule has 212 valence electrons. The fourth-order valence-electron chi connectivity index (χ4n) is 4.60. The molecule has 0 radical (unpaired) electrons. The van der Waals surface area contributed by atoms with E-state index in [-0.39, 0.29) is 16.8 Å². The molecule has 4 atom stereocenters. The fraction of sp³-hybridized carbons (Fsp3) is 0.200. The second-order valence-electron chi connectivity index (χ2n) is 9.82. The molecule has 8 N–H and O–H groups in total. The number of aromatic nitrogens is 2. The molecule has 4 rings (SSSR count). The number of ketones is 1. The summed E-state index contributed by atoms with van der Waals surface area (Å²) in [6.45, 7) is 2.38. The summed E-state index contributed by atoms with van der Waals surface area (Å²) in [5, 5.41) is 46.3. The van der Waals surface area contributed by atoms with E-state index >= 15 is 0 Å². The number of rotatable bonds is 10. The fourth-order valence-corrected chi connectivity index (χ4v) is 4.60. The van der Waals surface area contributed by atoms with Crippen LogP contribution >= 0.6 is 0 Å². The first-order valence-electron chi connectivity index (χ1n) is 12.6. The Labute approximate surface area is 235 Å². The van der Waals surface area contributed by atoms with Crippen molar-refractivity contribution in [3.63, 3.8) is 0 Å². The first kappa shape index (κ1) is 29.3. The molecule has 11 heteroatoms. The molecule has 0 saturated heterocycles. The zero-order valence-corrected chi connectivity index (χ0v) is 22.3. The Morgan fingerprint density at radius 1 is 0.878 bits per heavy atom. The molecule has 0 aliphatic heterocycles. The summed E-state index contributed by atoms with van der Waals surface area (Å²) in [4.78, 5) is 37.2. The molecule has 0 aliphatic rings. The first-order valence-corrected chi connectivity index (χ1v) is 12.6. The van der Waals surface area contributed by atoms with Crippen LogP contribution in [0.5, 0.6) is 0 Å². The van der Waals surface area contributed by atoms with Gasteiger partial charge in [0, 0.05) is 17.3 Å². The van der Waals surface area contributed by atoms with Crippen molar-refractivity contribution in [1.82, 2.24) is 9.78 Å². The quantitative estimate of drug-likeness (QED) is 0.124. The number of hydrogen-bond donors (Lipinski definition) is 6. The van der Waals surface area contributed by atoms with Gasteiger partial charge in [0.15, 0.2) is 11.3 Å². The number of fused-ring (bicyclic) bond motifs is 1. The summed E-state index contributed by atoms with van der Waals surface area (Å²) in [6.07, 6.45) is 0.583. The second-order valence-corrected chi connectivity index (χ2v) is 9.82. The Hall–Kier alpha value is -4.68. The van der Waals surface area contributed by atoms with Crippen molar-refractivity contribution in [1.29, 1.82) is 0 Å². The van der Waals surface area contributed by atoms with Crippen molar-refractivity contribution in [2.75, 3.05) is 0 Å². The van der Waals surface area contributed by atoms with Crippen LogP contribution in [0.15, 0.2) is 79.0 Å². The summed E-state index contributed by atoms with van der Waals surface area (Å²) in [5.41, 5.74) is 8.81. The molecule has 0 fully saturated rings. The van der Waals surface area contributed by atoms with Gasteiger partial charge in [0.1, 0.15) is 5.69 Å². The van der Waals surface area contributed by atoms with Gasteiger partial charge in [-0.3, -0.25) is 4.79 Å². The summed E-state index contributed by atoms with van der Waals surface area (Å²) in [5.74, 6) is -4.24. The van der Waals surface area contributed by atoms with Gasteiger partial charge in [0.25, 0.3) is 0 Å². The maximum absolute atomic E-state index is 13.0. The number of carbonyl (C=O) groups is 3. The zero-order valence-electron chi connectivity index (χ0n) is 22.3. The largest absolute Gasteiger partial charge is 0.480 e. The van der Waals surface area contributed by atoms with E-state index in [1.165, 1.54) is 23.7 Å². The molecule has 0 aliphatic carbocycles. The van der Waals surface area contributed by atoms with Crippen LogP contribution in [0.4, 0.5) is 0 Å². The van der Waals surface area contributed by atoms with E-state index in [0.29, 0.717) is 16.6 Å². The molecule has 2 unspecified atom stereocenters. The highest BCUT2D eigenvalue weighted by atomic mass is 16.4. The van der Waals surface area contributed by atoms with E-state index < -0.39 is 41.0 Å². The number of carboxylic acid groups (broad SMARTS) is 2. The number of nitrogens with two attached hydrogens (primary N) is 2. The molecule has 1 aromatic heterocycles. The third kappa shape index (κ3) is 5.03. The Bertz CT molecular complexity index is 1660. The molecule has 41 heavy (non-hydrogen) atoms. The average Bonchev–Trinajstić information content (AvgIpc) is 3.38. The lowest BCUT2D eigenvalue weighted by atomic mass is 9.80. The normalized spacial score (nSPS) is 16.1. The van der Waals surface area contributed by atoms with Gasteiger partial charge in [-0.15, -0.1) is 0 Å². The van der Waals surface area contributed by atoms with E-state index in [9.17, 15) is 34.8 Å². The van der Waals surface area contributed by atoms with Crippen molar-refractivity contribution in [3.8, 4) is 16.9 Å². The van der Waals surface area contributed by atoms with Gasteiger partial charge in [0.2, 0.25) is 5.54 Å². The van der Waals surface area contributed by atoms with E-state index in [1.807, 2.05) is 12.1 Å². The molecule has 0 spiro atoms. The molecule has 3 aromatic carbocycles. The summed E-state index contributed by atoms with van der Waals surface area (Å²) in [7, 11) is 0. The Morgan fingerprint density at radius 2 is 1.51 bits per heavy atom. The molecular weight excluding hydrogens is 528 g/mol. The van der Waals surface area contributed by atoms with Crippen molar-refractivity contribution in [2.24, 2.45) is 11.5 Å². The predicted molar refractivity (Wildman–Crippen MR) is 152 cm³/mol. The number of benzene rings is 3. The molecular formula is C30H30N4O7. The number of nitrogens with zero attached hydrogens (tertiary/aromatic N) is 2. The number of aliphatic hydroxyl groups excluding tert-OH is 2. The van der Waals surface area contributed by atoms with Crippen LogP contribution < -0.4 is 11.5 Å². The maximum Gasteiger partial charge on any atom is 0.334 e. The zero-order chi connectivity index (χ0) is 30.1. The summed E-state index contributed by atoms with van der Waals surface area (Å²) < 4.78 is 1.51. The lowest BCUT2D eigenvalue weighted by molar-refractivity contribution is -0.152. The lowest BCUT2D eigenvalue weighted by Crippen LogP contribution is -2.61. The number of carbonyl (C=O) groups excluding carboxylic acids is 1. The highest BCUT2D eigenvalue weighted by Gasteiger charge is 2.46. The molecule has 0 amide bonds. The number of hydrogen-bond acceptors (Lipinski definition) is 8. The van der Waals surface area contributed by atoms with Gasteiger partial charge in [-0.2, -0.15) is 5.10 Å². The maximum atomic E-state index is 13.0. The third-order valence-electron chi connectivity index (χ3n) is 7.22. The van der Waals surface area contributed by atoms with Gasteiger partial charge >= 0.3 is 11.9 Å². The molecule has 11 nitrogen and oxygen atoms in total. The average molecular weight is 559 g/mol. The Morgan fingerprint density at radius 3 is 2.10 bits per heavy atom. The minimum absolute atomic E-state index is 0.0701. The SMILES string of the molecule is CC(O)[C@](N)(C(=O)O)C(=O)/C=C/c1cn(-c2ccccc2)nc1-c1c([C@@](N)(C(=O)O)C(C)O)ccc2ccccc12. The summed E-state index contributed by atoms with van der Waals surface area (Å²) >= 11 is 0.